The molecule has 4 aromatic rings. The lowest BCUT2D eigenvalue weighted by Gasteiger charge is -2.08. The molecule has 25 heavy (non-hydrogen) atoms. The number of fused-ring (bicyclic) bond motifs is 1. The third kappa shape index (κ3) is 3.08. The number of nitrogens with one attached hydrogen (secondary N) is 1. The van der Waals surface area contributed by atoms with Crippen LogP contribution in [-0.4, -0.2) is 24.7 Å². The van der Waals surface area contributed by atoms with Crippen LogP contribution in [0.5, 0.6) is 0 Å². The normalized spacial score (nSPS) is 11.1. The van der Waals surface area contributed by atoms with Crippen LogP contribution in [0.2, 0.25) is 0 Å². The van der Waals surface area contributed by atoms with E-state index in [4.69, 9.17) is 4.42 Å². The molecule has 0 aliphatic rings. The van der Waals surface area contributed by atoms with E-state index in [2.05, 4.69) is 43.6 Å². The molecule has 0 bridgehead atoms. The molecule has 0 atom stereocenters. The number of rotatable bonds is 5. The molecule has 4 rings (SSSR count). The van der Waals surface area contributed by atoms with Gasteiger partial charge in [0.25, 0.3) is 0 Å². The lowest BCUT2D eigenvalue weighted by Crippen LogP contribution is -2.04. The van der Waals surface area contributed by atoms with Gasteiger partial charge < -0.3 is 9.73 Å². The highest BCUT2D eigenvalue weighted by atomic mass is 16.3. The van der Waals surface area contributed by atoms with E-state index in [-0.39, 0.29) is 0 Å². The second-order valence-corrected chi connectivity index (χ2v) is 5.95. The molecule has 3 aromatic heterocycles. The molecule has 7 nitrogen and oxygen atoms in total. The van der Waals surface area contributed by atoms with Crippen molar-refractivity contribution in [2.75, 3.05) is 5.32 Å². The van der Waals surface area contributed by atoms with E-state index in [9.17, 15) is 0 Å². The van der Waals surface area contributed by atoms with Crippen LogP contribution < -0.4 is 5.32 Å². The number of benzene rings is 1. The Morgan fingerprint density at radius 2 is 2.00 bits per heavy atom. The second kappa shape index (κ2) is 6.35. The zero-order chi connectivity index (χ0) is 17.2. The Labute approximate surface area is 144 Å². The van der Waals surface area contributed by atoms with Gasteiger partial charge in [-0.05, 0) is 25.0 Å². The molecule has 0 aliphatic carbocycles. The number of hydrogen-bond donors (Lipinski definition) is 1. The van der Waals surface area contributed by atoms with E-state index in [0.717, 1.165) is 22.5 Å². The van der Waals surface area contributed by atoms with E-state index in [1.165, 1.54) is 17.5 Å². The van der Waals surface area contributed by atoms with Crippen molar-refractivity contribution in [3.05, 3.63) is 65.7 Å². The summed E-state index contributed by atoms with van der Waals surface area (Å²) in [7, 11) is 0. The van der Waals surface area contributed by atoms with Gasteiger partial charge in [-0.25, -0.2) is 19.6 Å². The van der Waals surface area contributed by atoms with Crippen LogP contribution in [0.25, 0.3) is 11.1 Å². The number of furan rings is 1. The maximum Gasteiger partial charge on any atom is 0.231 e. The first-order chi connectivity index (χ1) is 12.2. The molecule has 126 valence electrons. The van der Waals surface area contributed by atoms with Crippen molar-refractivity contribution < 1.29 is 4.42 Å². The molecule has 0 saturated heterocycles. The molecule has 0 fully saturated rings. The minimum absolute atomic E-state index is 0.618. The molecule has 0 unspecified atom stereocenters. The van der Waals surface area contributed by atoms with Crippen molar-refractivity contribution >= 4 is 16.9 Å². The monoisotopic (exact) mass is 334 g/mol. The number of anilines is 1. The highest BCUT2D eigenvalue weighted by Gasteiger charge is 2.13. The first-order valence-corrected chi connectivity index (χ1v) is 8.05. The predicted molar refractivity (Wildman–Crippen MR) is 94.2 cm³/mol. The summed E-state index contributed by atoms with van der Waals surface area (Å²) in [5.41, 5.74) is 4.03. The molecule has 1 aromatic carbocycles. The maximum atomic E-state index is 5.66. The van der Waals surface area contributed by atoms with Crippen molar-refractivity contribution in [1.29, 1.82) is 0 Å². The van der Waals surface area contributed by atoms with Crippen LogP contribution in [0.4, 0.5) is 5.82 Å². The Bertz CT molecular complexity index is 1010. The molecule has 0 aliphatic heterocycles. The molecule has 1 N–H and O–H groups in total. The minimum Gasteiger partial charge on any atom is -0.443 e. The standard InChI is InChI=1S/C18H18N6O/c1-12-13(2)25-18-16(12)17(21-10-22-18)20-7-14-4-3-5-15(6-14)8-24-11-19-9-23-24/h3-6,9-11H,7-8H2,1-2H3,(H,20,21,22). The van der Waals surface area contributed by atoms with Gasteiger partial charge in [-0.3, -0.25) is 0 Å². The van der Waals surface area contributed by atoms with E-state index in [0.29, 0.717) is 18.8 Å². The fourth-order valence-electron chi connectivity index (χ4n) is 2.84. The molecule has 0 radical (unpaired) electrons. The quantitative estimate of drug-likeness (QED) is 0.604. The Balaban J connectivity index is 1.54. The van der Waals surface area contributed by atoms with Gasteiger partial charge in [0.2, 0.25) is 5.71 Å². The summed E-state index contributed by atoms with van der Waals surface area (Å²) in [5.74, 6) is 1.66. The third-order valence-electron chi connectivity index (χ3n) is 4.23. The molecule has 7 heteroatoms. The van der Waals surface area contributed by atoms with Crippen molar-refractivity contribution in [3.8, 4) is 0 Å². The van der Waals surface area contributed by atoms with Gasteiger partial charge in [0.1, 0.15) is 30.6 Å². The van der Waals surface area contributed by atoms with Crippen LogP contribution >= 0.6 is 0 Å². The highest BCUT2D eigenvalue weighted by molar-refractivity contribution is 5.89. The fourth-order valence-corrected chi connectivity index (χ4v) is 2.84. The van der Waals surface area contributed by atoms with Crippen molar-refractivity contribution in [3.63, 3.8) is 0 Å². The molecule has 0 saturated carbocycles. The van der Waals surface area contributed by atoms with Crippen LogP contribution in [0.3, 0.4) is 0 Å². The summed E-state index contributed by atoms with van der Waals surface area (Å²) in [6.07, 6.45) is 4.78. The summed E-state index contributed by atoms with van der Waals surface area (Å²) in [6.45, 7) is 5.33. The number of aromatic nitrogens is 5. The van der Waals surface area contributed by atoms with E-state index in [1.54, 1.807) is 17.3 Å². The van der Waals surface area contributed by atoms with E-state index < -0.39 is 0 Å². The molecule has 0 spiro atoms. The van der Waals surface area contributed by atoms with Gasteiger partial charge in [-0.1, -0.05) is 24.3 Å². The summed E-state index contributed by atoms with van der Waals surface area (Å²) >= 11 is 0. The van der Waals surface area contributed by atoms with Gasteiger partial charge in [0.05, 0.1) is 11.9 Å². The minimum atomic E-state index is 0.618. The highest BCUT2D eigenvalue weighted by Crippen LogP contribution is 2.28. The number of hydrogen-bond acceptors (Lipinski definition) is 6. The molecule has 3 heterocycles. The van der Waals surface area contributed by atoms with Crippen LogP contribution in [-0.2, 0) is 13.1 Å². The number of aryl methyl sites for hydroxylation is 2. The first-order valence-electron chi connectivity index (χ1n) is 8.05. The summed E-state index contributed by atoms with van der Waals surface area (Å²) in [4.78, 5) is 12.5. The molecular formula is C18H18N6O. The summed E-state index contributed by atoms with van der Waals surface area (Å²) in [5, 5.41) is 8.49. The van der Waals surface area contributed by atoms with E-state index in [1.807, 2.05) is 19.9 Å². The first kappa shape index (κ1) is 15.3. The largest absolute Gasteiger partial charge is 0.443 e. The number of nitrogens with zero attached hydrogens (tertiary/aromatic N) is 5. The topological polar surface area (TPSA) is 81.7 Å². The van der Waals surface area contributed by atoms with Crippen molar-refractivity contribution in [2.45, 2.75) is 26.9 Å². The average molecular weight is 334 g/mol. The smallest absolute Gasteiger partial charge is 0.231 e. The molecular weight excluding hydrogens is 316 g/mol. The van der Waals surface area contributed by atoms with Crippen LogP contribution in [0.1, 0.15) is 22.5 Å². The van der Waals surface area contributed by atoms with Gasteiger partial charge in [-0.15, -0.1) is 0 Å². The summed E-state index contributed by atoms with van der Waals surface area (Å²) < 4.78 is 7.47. The predicted octanol–water partition coefficient (Wildman–Crippen LogP) is 3.09. The van der Waals surface area contributed by atoms with Gasteiger partial charge in [0, 0.05) is 12.1 Å². The van der Waals surface area contributed by atoms with Gasteiger partial charge in [0.15, 0.2) is 0 Å². The lowest BCUT2D eigenvalue weighted by molar-refractivity contribution is 0.564. The Kier molecular flexibility index (Phi) is 3.89. The van der Waals surface area contributed by atoms with Gasteiger partial charge >= 0.3 is 0 Å². The van der Waals surface area contributed by atoms with Crippen LogP contribution in [0, 0.1) is 13.8 Å². The average Bonchev–Trinajstić information content (AvgIpc) is 3.22. The Hall–Kier alpha value is -3.22. The SMILES string of the molecule is Cc1oc2ncnc(NCc3cccc(Cn4cncn4)c3)c2c1C. The zero-order valence-electron chi connectivity index (χ0n) is 14.1. The summed E-state index contributed by atoms with van der Waals surface area (Å²) in [6, 6.07) is 8.37. The third-order valence-corrected chi connectivity index (χ3v) is 4.23. The van der Waals surface area contributed by atoms with Crippen LogP contribution in [0.15, 0.2) is 47.7 Å². The zero-order valence-corrected chi connectivity index (χ0v) is 14.1. The Morgan fingerprint density at radius 3 is 2.84 bits per heavy atom. The second-order valence-electron chi connectivity index (χ2n) is 5.95. The van der Waals surface area contributed by atoms with E-state index >= 15 is 0 Å². The van der Waals surface area contributed by atoms with Crippen molar-refractivity contribution in [1.82, 2.24) is 24.7 Å². The van der Waals surface area contributed by atoms with Crippen molar-refractivity contribution in [2.24, 2.45) is 0 Å². The fraction of sp³-hybridized carbons (Fsp3) is 0.222. The Morgan fingerprint density at radius 1 is 1.12 bits per heavy atom. The van der Waals surface area contributed by atoms with Gasteiger partial charge in [-0.2, -0.15) is 5.10 Å². The molecule has 0 amide bonds. The maximum absolute atomic E-state index is 5.66. The lowest BCUT2D eigenvalue weighted by atomic mass is 10.1.